The molecule has 0 radical (unpaired) electrons. The Morgan fingerprint density at radius 2 is 1.45 bits per heavy atom. The van der Waals surface area contributed by atoms with Crippen molar-refractivity contribution in [2.75, 3.05) is 40.5 Å². The summed E-state index contributed by atoms with van der Waals surface area (Å²) in [5, 5.41) is 7.66. The van der Waals surface area contributed by atoms with Crippen molar-refractivity contribution >= 4 is 46.1 Å². The molecular formula is C50H53N7O8. The van der Waals surface area contributed by atoms with Crippen molar-refractivity contribution in [3.05, 3.63) is 120 Å². The number of aromatic nitrogens is 2. The van der Waals surface area contributed by atoms with Gasteiger partial charge in [-0.05, 0) is 75.1 Å². The lowest BCUT2D eigenvalue weighted by Gasteiger charge is -2.31. The molecule has 5 heterocycles. The third kappa shape index (κ3) is 8.85. The first-order valence-electron chi connectivity index (χ1n) is 22.1. The summed E-state index contributed by atoms with van der Waals surface area (Å²) < 4.78 is 21.8. The topological polar surface area (TPSA) is 177 Å². The van der Waals surface area contributed by atoms with E-state index in [-0.39, 0.29) is 30.3 Å². The SMILES string of the molecule is COC(=O)N[C@H](C(=O)N1CCCC1C1=NC=C(c2ccc3cc(-c4ccc(-c5cnc([C@@H]6CC7(CN6C(=O)[C@H](NC(=O)OC)c6ccccc6)OCCO7)[nH]5)cc4)ccc3c2)C1)C(C)C. The van der Waals surface area contributed by atoms with Gasteiger partial charge in [0, 0.05) is 31.3 Å². The van der Waals surface area contributed by atoms with Gasteiger partial charge in [-0.25, -0.2) is 14.6 Å². The van der Waals surface area contributed by atoms with Crippen LogP contribution in [0.5, 0.6) is 0 Å². The van der Waals surface area contributed by atoms with Crippen LogP contribution in [0.25, 0.3) is 38.7 Å². The smallest absolute Gasteiger partial charge is 0.407 e. The summed E-state index contributed by atoms with van der Waals surface area (Å²) in [5.74, 6) is -0.915. The molecule has 4 aliphatic heterocycles. The average Bonchev–Trinajstić information content (AvgIpc) is 4.21. The number of likely N-dealkylation sites (tertiary alicyclic amines) is 2. The Hall–Kier alpha value is -6.84. The second kappa shape index (κ2) is 18.3. The second-order valence-corrected chi connectivity index (χ2v) is 17.3. The van der Waals surface area contributed by atoms with Gasteiger partial charge in [-0.2, -0.15) is 0 Å². The van der Waals surface area contributed by atoms with Crippen molar-refractivity contribution < 1.29 is 38.1 Å². The van der Waals surface area contributed by atoms with Gasteiger partial charge in [-0.3, -0.25) is 14.6 Å². The number of nitrogens with one attached hydrogen (secondary N) is 3. The van der Waals surface area contributed by atoms with E-state index in [1.165, 1.54) is 14.2 Å². The number of hydrogen-bond donors (Lipinski definition) is 3. The van der Waals surface area contributed by atoms with Crippen LogP contribution in [-0.4, -0.2) is 108 Å². The summed E-state index contributed by atoms with van der Waals surface area (Å²) in [5.41, 5.74) is 7.65. The van der Waals surface area contributed by atoms with E-state index in [4.69, 9.17) is 28.9 Å². The zero-order chi connectivity index (χ0) is 45.2. The molecule has 65 heavy (non-hydrogen) atoms. The van der Waals surface area contributed by atoms with Gasteiger partial charge >= 0.3 is 12.2 Å². The molecular weight excluding hydrogens is 827 g/mol. The zero-order valence-electron chi connectivity index (χ0n) is 36.9. The van der Waals surface area contributed by atoms with Crippen molar-refractivity contribution in [2.45, 2.75) is 69.5 Å². The van der Waals surface area contributed by atoms with Crippen LogP contribution in [0.1, 0.15) is 68.6 Å². The Kier molecular flexibility index (Phi) is 12.2. The van der Waals surface area contributed by atoms with Crippen molar-refractivity contribution in [3.63, 3.8) is 0 Å². The number of methoxy groups -OCH3 is 2. The van der Waals surface area contributed by atoms with E-state index in [0.717, 1.165) is 62.8 Å². The van der Waals surface area contributed by atoms with Crippen LogP contribution < -0.4 is 10.6 Å². The minimum Gasteiger partial charge on any atom is -0.453 e. The van der Waals surface area contributed by atoms with Crippen molar-refractivity contribution in [2.24, 2.45) is 10.9 Å². The number of rotatable bonds is 11. The van der Waals surface area contributed by atoms with Crippen LogP contribution in [0.4, 0.5) is 9.59 Å². The molecule has 0 aliphatic carbocycles. The standard InChI is InChI=1S/C50H53N7O8/c1-30(2)43(54-48(60)62-3)46(58)56-20-8-11-41(56)39-25-38(27-51-39)37-19-18-35-23-34(16-17-36(35)24-37)31-12-14-32(15-13-31)40-28-52-45(53-40)42-26-50(64-21-22-65-50)29-57(42)47(59)44(55-49(61)63-4)33-9-6-5-7-10-33/h5-7,9-10,12-19,23-24,27-28,30,41-44H,8,11,20-22,25-26,29H2,1-4H3,(H,52,53)(H,54,60)(H,55,61)/t41?,42-,43-,44+/m0/s1. The van der Waals surface area contributed by atoms with Crippen molar-refractivity contribution in [1.29, 1.82) is 0 Å². The number of imidazole rings is 1. The maximum Gasteiger partial charge on any atom is 0.407 e. The molecule has 0 saturated carbocycles. The van der Waals surface area contributed by atoms with E-state index < -0.39 is 36.1 Å². The number of nitrogens with zero attached hydrogens (tertiary/aromatic N) is 4. The van der Waals surface area contributed by atoms with Gasteiger partial charge in [-0.1, -0.05) is 92.7 Å². The molecule has 3 N–H and O–H groups in total. The Morgan fingerprint density at radius 3 is 2.15 bits per heavy atom. The van der Waals surface area contributed by atoms with E-state index >= 15 is 0 Å². The highest BCUT2D eigenvalue weighted by Gasteiger charge is 2.52. The first-order valence-corrected chi connectivity index (χ1v) is 22.1. The molecule has 4 aromatic carbocycles. The molecule has 15 nitrogen and oxygen atoms in total. The Morgan fingerprint density at radius 1 is 0.785 bits per heavy atom. The largest absolute Gasteiger partial charge is 0.453 e. The van der Waals surface area contributed by atoms with Crippen molar-refractivity contribution in [3.8, 4) is 22.4 Å². The van der Waals surface area contributed by atoms with Crippen LogP contribution >= 0.6 is 0 Å². The molecule has 336 valence electrons. The van der Waals surface area contributed by atoms with Crippen LogP contribution in [-0.2, 0) is 28.5 Å². The number of aliphatic imine (C=N–C) groups is 1. The zero-order valence-corrected chi connectivity index (χ0v) is 36.9. The van der Waals surface area contributed by atoms with E-state index in [1.807, 2.05) is 43.1 Å². The van der Waals surface area contributed by atoms with E-state index in [1.54, 1.807) is 23.2 Å². The lowest BCUT2D eigenvalue weighted by atomic mass is 9.94. The van der Waals surface area contributed by atoms with Gasteiger partial charge in [0.1, 0.15) is 17.9 Å². The summed E-state index contributed by atoms with van der Waals surface area (Å²) in [6.07, 6.45) is 5.11. The summed E-state index contributed by atoms with van der Waals surface area (Å²) in [7, 11) is 2.56. The molecule has 4 atom stereocenters. The molecule has 15 heteroatoms. The number of alkyl carbamates (subject to hydrolysis) is 2. The first-order chi connectivity index (χ1) is 31.5. The predicted octanol–water partition coefficient (Wildman–Crippen LogP) is 7.57. The molecule has 3 saturated heterocycles. The number of amides is 4. The van der Waals surface area contributed by atoms with Crippen molar-refractivity contribution in [1.82, 2.24) is 30.4 Å². The number of benzene rings is 4. The molecule has 1 aromatic heterocycles. The molecule has 1 unspecified atom stereocenters. The minimum absolute atomic E-state index is 0.0946. The van der Waals surface area contributed by atoms with Crippen LogP contribution in [0.3, 0.4) is 0 Å². The number of hydrogen-bond acceptors (Lipinski definition) is 10. The number of H-pyrrole nitrogens is 1. The van der Waals surface area contributed by atoms with Crippen LogP contribution in [0.15, 0.2) is 108 Å². The summed E-state index contributed by atoms with van der Waals surface area (Å²) in [4.78, 5) is 69.1. The predicted molar refractivity (Wildman–Crippen MR) is 244 cm³/mol. The Balaban J connectivity index is 0.876. The third-order valence-corrected chi connectivity index (χ3v) is 12.9. The minimum atomic E-state index is -0.994. The number of carbonyl (C=O) groups is 4. The lowest BCUT2D eigenvalue weighted by Crippen LogP contribution is -2.53. The molecule has 3 fully saturated rings. The van der Waals surface area contributed by atoms with Gasteiger partial charge in [0.05, 0.1) is 58.0 Å². The van der Waals surface area contributed by atoms with Gasteiger partial charge in [0.25, 0.3) is 5.91 Å². The van der Waals surface area contributed by atoms with E-state index in [9.17, 15) is 19.2 Å². The highest BCUT2D eigenvalue weighted by Crippen LogP contribution is 2.43. The molecule has 1 spiro atoms. The number of carbonyl (C=O) groups excluding carboxylic acids is 4. The van der Waals surface area contributed by atoms with Crippen LogP contribution in [0, 0.1) is 5.92 Å². The maximum absolute atomic E-state index is 14.4. The quantitative estimate of drug-likeness (QED) is 0.121. The number of aromatic amines is 1. The second-order valence-electron chi connectivity index (χ2n) is 17.3. The van der Waals surface area contributed by atoms with E-state index in [2.05, 4.69) is 76.3 Å². The molecule has 4 amide bonds. The van der Waals surface area contributed by atoms with Gasteiger partial charge in [0.2, 0.25) is 5.91 Å². The van der Waals surface area contributed by atoms with Gasteiger partial charge in [0.15, 0.2) is 5.79 Å². The number of ether oxygens (including phenoxy) is 4. The number of fused-ring (bicyclic) bond motifs is 1. The monoisotopic (exact) mass is 879 g/mol. The highest BCUT2D eigenvalue weighted by atomic mass is 16.7. The maximum atomic E-state index is 14.4. The Labute approximate surface area is 377 Å². The molecule has 9 rings (SSSR count). The summed E-state index contributed by atoms with van der Waals surface area (Å²) >= 11 is 0. The average molecular weight is 880 g/mol. The van der Waals surface area contributed by atoms with E-state index in [0.29, 0.717) is 44.0 Å². The van der Waals surface area contributed by atoms with Gasteiger partial charge < -0.3 is 44.4 Å². The summed E-state index contributed by atoms with van der Waals surface area (Å²) in [6.45, 7) is 5.48. The first kappa shape index (κ1) is 43.4. The third-order valence-electron chi connectivity index (χ3n) is 12.9. The Bertz CT molecular complexity index is 2650. The highest BCUT2D eigenvalue weighted by molar-refractivity contribution is 6.04. The fraction of sp³-hybridized carbons (Fsp3) is 0.360. The normalized spacial score (nSPS) is 19.9. The lowest BCUT2D eigenvalue weighted by molar-refractivity contribution is -0.153. The van der Waals surface area contributed by atoms with Gasteiger partial charge in [-0.15, -0.1) is 0 Å². The molecule has 0 bridgehead atoms. The fourth-order valence-corrected chi connectivity index (χ4v) is 9.50. The molecule has 5 aromatic rings. The number of allylic oxidation sites excluding steroid dienone is 1. The fourth-order valence-electron chi connectivity index (χ4n) is 9.50. The molecule has 4 aliphatic rings. The van der Waals surface area contributed by atoms with Crippen LogP contribution in [0.2, 0.25) is 0 Å². The summed E-state index contributed by atoms with van der Waals surface area (Å²) in [6, 6.07) is 28.0.